The van der Waals surface area contributed by atoms with Gasteiger partial charge < -0.3 is 9.47 Å². The first-order valence-electron chi connectivity index (χ1n) is 10.5. The second-order valence-electron chi connectivity index (χ2n) is 7.64. The minimum absolute atomic E-state index is 0.0527. The highest BCUT2D eigenvalue weighted by atomic mass is 79.9. The summed E-state index contributed by atoms with van der Waals surface area (Å²) in [4.78, 5) is 4.93. The van der Waals surface area contributed by atoms with Gasteiger partial charge in [0.05, 0.1) is 31.7 Å². The van der Waals surface area contributed by atoms with E-state index in [2.05, 4.69) is 57.7 Å². The van der Waals surface area contributed by atoms with Crippen LogP contribution in [0.3, 0.4) is 0 Å². The molecule has 7 heteroatoms. The molecule has 166 valence electrons. The number of hydrazone groups is 1. The van der Waals surface area contributed by atoms with Crippen LogP contribution in [0.1, 0.15) is 23.6 Å². The molecule has 1 aliphatic rings. The van der Waals surface area contributed by atoms with Crippen molar-refractivity contribution in [2.75, 3.05) is 19.2 Å². The van der Waals surface area contributed by atoms with E-state index in [0.717, 1.165) is 50.1 Å². The van der Waals surface area contributed by atoms with Crippen molar-refractivity contribution in [3.63, 3.8) is 0 Å². The fourth-order valence-electron chi connectivity index (χ4n) is 3.85. The van der Waals surface area contributed by atoms with Gasteiger partial charge in [0, 0.05) is 21.8 Å². The van der Waals surface area contributed by atoms with Crippen molar-refractivity contribution in [2.45, 2.75) is 12.5 Å². The van der Waals surface area contributed by atoms with Gasteiger partial charge in [-0.15, -0.1) is 11.3 Å². The van der Waals surface area contributed by atoms with Crippen molar-refractivity contribution in [3.05, 3.63) is 93.8 Å². The number of halogens is 1. The second kappa shape index (κ2) is 9.37. The summed E-state index contributed by atoms with van der Waals surface area (Å²) in [5.74, 6) is 1.67. The number of nitrogens with zero attached hydrogens (tertiary/aromatic N) is 3. The third kappa shape index (κ3) is 4.51. The molecule has 0 spiro atoms. The van der Waals surface area contributed by atoms with Gasteiger partial charge >= 0.3 is 0 Å². The fourth-order valence-corrected chi connectivity index (χ4v) is 4.95. The third-order valence-corrected chi connectivity index (χ3v) is 7.02. The van der Waals surface area contributed by atoms with E-state index < -0.39 is 0 Å². The fraction of sp³-hybridized carbons (Fsp3) is 0.154. The van der Waals surface area contributed by atoms with Crippen LogP contribution in [0.2, 0.25) is 0 Å². The molecule has 3 aromatic carbocycles. The predicted molar refractivity (Wildman–Crippen MR) is 138 cm³/mol. The Balaban J connectivity index is 1.51. The molecule has 0 N–H and O–H groups in total. The Labute approximate surface area is 205 Å². The number of ether oxygens (including phenoxy) is 2. The van der Waals surface area contributed by atoms with E-state index in [1.165, 1.54) is 5.56 Å². The summed E-state index contributed by atoms with van der Waals surface area (Å²) in [6.45, 7) is 0. The van der Waals surface area contributed by atoms with Crippen LogP contribution >= 0.6 is 27.3 Å². The molecule has 0 saturated carbocycles. The summed E-state index contributed by atoms with van der Waals surface area (Å²) >= 11 is 5.10. The number of methoxy groups -OCH3 is 2. The molecule has 1 aromatic heterocycles. The normalized spacial score (nSPS) is 15.4. The van der Waals surface area contributed by atoms with Crippen LogP contribution in [0.4, 0.5) is 5.13 Å². The number of thiazole rings is 1. The van der Waals surface area contributed by atoms with Crippen LogP contribution < -0.4 is 14.5 Å². The summed E-state index contributed by atoms with van der Waals surface area (Å²) < 4.78 is 11.7. The van der Waals surface area contributed by atoms with Crippen LogP contribution in [0.15, 0.2) is 87.8 Å². The standard InChI is InChI=1S/C26H22BrN3O2S/c1-31-21-11-5-17(6-12-21)23-15-25(19-7-13-22(32-2)14-8-19)30(29-23)26-28-24(16-33-26)18-3-9-20(27)10-4-18/h3-14,16,25H,15H2,1-2H3/t25-/m0/s1. The van der Waals surface area contributed by atoms with E-state index in [0.29, 0.717) is 0 Å². The second-order valence-corrected chi connectivity index (χ2v) is 9.39. The van der Waals surface area contributed by atoms with Crippen molar-refractivity contribution in [3.8, 4) is 22.8 Å². The lowest BCUT2D eigenvalue weighted by molar-refractivity contribution is 0.414. The smallest absolute Gasteiger partial charge is 0.207 e. The molecule has 0 amide bonds. The molecule has 0 saturated heterocycles. The molecule has 4 aromatic rings. The lowest BCUT2D eigenvalue weighted by Gasteiger charge is -2.21. The first-order chi connectivity index (χ1) is 16.1. The molecule has 1 atom stereocenters. The Morgan fingerprint density at radius 3 is 2.09 bits per heavy atom. The van der Waals surface area contributed by atoms with E-state index in [4.69, 9.17) is 19.6 Å². The molecule has 5 rings (SSSR count). The van der Waals surface area contributed by atoms with E-state index in [9.17, 15) is 0 Å². The zero-order chi connectivity index (χ0) is 22.8. The van der Waals surface area contributed by atoms with Gasteiger partial charge in [0.15, 0.2) is 0 Å². The lowest BCUT2D eigenvalue weighted by atomic mass is 9.98. The van der Waals surface area contributed by atoms with Crippen LogP contribution in [0, 0.1) is 0 Å². The minimum Gasteiger partial charge on any atom is -0.497 e. The van der Waals surface area contributed by atoms with Gasteiger partial charge in [0.2, 0.25) is 5.13 Å². The highest BCUT2D eigenvalue weighted by Gasteiger charge is 2.31. The van der Waals surface area contributed by atoms with E-state index in [1.54, 1.807) is 25.6 Å². The van der Waals surface area contributed by atoms with Gasteiger partial charge in [0.1, 0.15) is 11.5 Å². The van der Waals surface area contributed by atoms with Crippen molar-refractivity contribution < 1.29 is 9.47 Å². The minimum atomic E-state index is 0.0527. The summed E-state index contributed by atoms with van der Waals surface area (Å²) in [7, 11) is 3.36. The molecule has 0 aliphatic carbocycles. The van der Waals surface area contributed by atoms with E-state index >= 15 is 0 Å². The van der Waals surface area contributed by atoms with Crippen molar-refractivity contribution in [2.24, 2.45) is 5.10 Å². The van der Waals surface area contributed by atoms with Crippen molar-refractivity contribution in [1.29, 1.82) is 0 Å². The van der Waals surface area contributed by atoms with Gasteiger partial charge in [-0.3, -0.25) is 0 Å². The van der Waals surface area contributed by atoms with Gasteiger partial charge in [-0.25, -0.2) is 9.99 Å². The van der Waals surface area contributed by atoms with Crippen LogP contribution in [0.25, 0.3) is 11.3 Å². The SMILES string of the molecule is COc1ccc(C2=NN(c3nc(-c4ccc(Br)cc4)cs3)[C@H](c3ccc(OC)cc3)C2)cc1. The maximum atomic E-state index is 5.35. The maximum Gasteiger partial charge on any atom is 0.207 e. The van der Waals surface area contributed by atoms with Crippen molar-refractivity contribution in [1.82, 2.24) is 4.98 Å². The predicted octanol–water partition coefficient (Wildman–Crippen LogP) is 6.95. The molecule has 1 aliphatic heterocycles. The van der Waals surface area contributed by atoms with E-state index in [-0.39, 0.29) is 6.04 Å². The number of anilines is 1. The average molecular weight is 520 g/mol. The number of hydrogen-bond acceptors (Lipinski definition) is 6. The Bertz CT molecular complexity index is 1270. The van der Waals surface area contributed by atoms with Crippen LogP contribution in [-0.2, 0) is 0 Å². The number of benzene rings is 3. The summed E-state index contributed by atoms with van der Waals surface area (Å²) in [5.41, 5.74) is 5.31. The monoisotopic (exact) mass is 519 g/mol. The van der Waals surface area contributed by atoms with E-state index in [1.807, 2.05) is 41.4 Å². The summed E-state index contributed by atoms with van der Waals surface area (Å²) in [6, 6.07) is 24.5. The quantitative estimate of drug-likeness (QED) is 0.276. The highest BCUT2D eigenvalue weighted by molar-refractivity contribution is 9.10. The largest absolute Gasteiger partial charge is 0.497 e. The molecule has 5 nitrogen and oxygen atoms in total. The Morgan fingerprint density at radius 2 is 1.45 bits per heavy atom. The van der Waals surface area contributed by atoms with Crippen LogP contribution in [-0.4, -0.2) is 24.9 Å². The Morgan fingerprint density at radius 1 is 0.848 bits per heavy atom. The highest BCUT2D eigenvalue weighted by Crippen LogP contribution is 2.40. The molecule has 2 heterocycles. The number of aromatic nitrogens is 1. The summed E-state index contributed by atoms with van der Waals surface area (Å²) in [6.07, 6.45) is 0.784. The van der Waals surface area contributed by atoms with Gasteiger partial charge in [-0.1, -0.05) is 40.2 Å². The van der Waals surface area contributed by atoms with Crippen molar-refractivity contribution >= 4 is 38.1 Å². The maximum absolute atomic E-state index is 5.35. The topological polar surface area (TPSA) is 47.0 Å². The first kappa shape index (κ1) is 21.7. The molecular formula is C26H22BrN3O2S. The van der Waals surface area contributed by atoms with Gasteiger partial charge in [-0.2, -0.15) is 5.10 Å². The lowest BCUT2D eigenvalue weighted by Crippen LogP contribution is -2.18. The van der Waals surface area contributed by atoms with Gasteiger partial charge in [0.25, 0.3) is 0 Å². The third-order valence-electron chi connectivity index (χ3n) is 5.66. The molecule has 0 unspecified atom stereocenters. The Kier molecular flexibility index (Phi) is 6.15. The Hall–Kier alpha value is -3.16. The number of hydrogen-bond donors (Lipinski definition) is 0. The zero-order valence-electron chi connectivity index (χ0n) is 18.2. The number of rotatable bonds is 6. The molecular weight excluding hydrogens is 498 g/mol. The first-order valence-corrected chi connectivity index (χ1v) is 12.2. The zero-order valence-corrected chi connectivity index (χ0v) is 20.6. The average Bonchev–Trinajstić information content (AvgIpc) is 3.52. The molecule has 33 heavy (non-hydrogen) atoms. The van der Waals surface area contributed by atoms with Gasteiger partial charge in [-0.05, 0) is 59.7 Å². The summed E-state index contributed by atoms with van der Waals surface area (Å²) in [5, 5.41) is 10.0. The molecule has 0 fully saturated rings. The molecule has 0 bridgehead atoms. The van der Waals surface area contributed by atoms with Crippen LogP contribution in [0.5, 0.6) is 11.5 Å². The molecule has 0 radical (unpaired) electrons.